The molecule has 98 valence electrons. The summed E-state index contributed by atoms with van der Waals surface area (Å²) >= 11 is 7.52. The van der Waals surface area contributed by atoms with E-state index < -0.39 is 0 Å². The summed E-state index contributed by atoms with van der Waals surface area (Å²) in [5, 5.41) is 3.99. The van der Waals surface area contributed by atoms with Crippen molar-refractivity contribution in [2.75, 3.05) is 31.9 Å². The van der Waals surface area contributed by atoms with Gasteiger partial charge in [0, 0.05) is 48.3 Å². The normalized spacial score (nSPS) is 15.7. The predicted molar refractivity (Wildman–Crippen MR) is 76.2 cm³/mol. The van der Waals surface area contributed by atoms with E-state index in [4.69, 9.17) is 11.6 Å². The van der Waals surface area contributed by atoms with Gasteiger partial charge in [0.2, 0.25) is 5.91 Å². The molecule has 5 heteroatoms. The molecular weight excluding hydrogens is 268 g/mol. The number of carbonyl (C=O) groups is 1. The first-order valence-corrected chi connectivity index (χ1v) is 7.49. The second kappa shape index (κ2) is 7.02. The number of hydrogen-bond acceptors (Lipinski definition) is 3. The molecule has 2 rings (SSSR count). The van der Waals surface area contributed by atoms with Crippen LogP contribution >= 0.6 is 23.4 Å². The molecule has 1 amide bonds. The van der Waals surface area contributed by atoms with Gasteiger partial charge in [0.05, 0.1) is 0 Å². The molecule has 1 fully saturated rings. The van der Waals surface area contributed by atoms with E-state index in [9.17, 15) is 4.79 Å². The maximum absolute atomic E-state index is 11.9. The molecule has 1 saturated heterocycles. The van der Waals surface area contributed by atoms with Gasteiger partial charge in [-0.1, -0.05) is 11.6 Å². The van der Waals surface area contributed by atoms with E-state index in [1.54, 1.807) is 11.8 Å². The summed E-state index contributed by atoms with van der Waals surface area (Å²) < 4.78 is 0. The van der Waals surface area contributed by atoms with Crippen LogP contribution in [0.5, 0.6) is 0 Å². The van der Waals surface area contributed by atoms with Gasteiger partial charge in [-0.3, -0.25) is 4.79 Å². The molecule has 1 aromatic carbocycles. The second-order valence-corrected chi connectivity index (χ2v) is 5.79. The standard InChI is InChI=1S/C13H17ClN2OS/c14-11-1-3-12(4-2-11)18-10-5-13(17)16-8-6-15-7-9-16/h1-4,15H,5-10H2. The Morgan fingerprint density at radius 2 is 1.94 bits per heavy atom. The topological polar surface area (TPSA) is 32.3 Å². The first kappa shape index (κ1) is 13.7. The van der Waals surface area contributed by atoms with Crippen LogP contribution in [0.2, 0.25) is 5.02 Å². The predicted octanol–water partition coefficient (Wildman–Crippen LogP) is 2.25. The zero-order valence-corrected chi connectivity index (χ0v) is 11.8. The summed E-state index contributed by atoms with van der Waals surface area (Å²) in [6.45, 7) is 3.50. The van der Waals surface area contributed by atoms with Gasteiger partial charge in [0.25, 0.3) is 0 Å². The van der Waals surface area contributed by atoms with Crippen LogP contribution in [-0.4, -0.2) is 42.7 Å². The Morgan fingerprint density at radius 3 is 2.61 bits per heavy atom. The monoisotopic (exact) mass is 284 g/mol. The summed E-state index contributed by atoms with van der Waals surface area (Å²) in [5.74, 6) is 1.09. The average molecular weight is 285 g/mol. The van der Waals surface area contributed by atoms with Crippen LogP contribution in [-0.2, 0) is 4.79 Å². The van der Waals surface area contributed by atoms with Crippen molar-refractivity contribution in [1.29, 1.82) is 0 Å². The first-order valence-electron chi connectivity index (χ1n) is 6.12. The van der Waals surface area contributed by atoms with E-state index in [0.717, 1.165) is 41.8 Å². The number of nitrogens with zero attached hydrogens (tertiary/aromatic N) is 1. The third kappa shape index (κ3) is 4.19. The number of thioether (sulfide) groups is 1. The quantitative estimate of drug-likeness (QED) is 0.861. The van der Waals surface area contributed by atoms with Crippen molar-refractivity contribution in [3.8, 4) is 0 Å². The second-order valence-electron chi connectivity index (χ2n) is 4.18. The minimum atomic E-state index is 0.262. The molecule has 0 aliphatic carbocycles. The summed E-state index contributed by atoms with van der Waals surface area (Å²) in [5.41, 5.74) is 0. The molecular formula is C13H17ClN2OS. The van der Waals surface area contributed by atoms with Crippen LogP contribution in [0.1, 0.15) is 6.42 Å². The van der Waals surface area contributed by atoms with Gasteiger partial charge in [0.15, 0.2) is 0 Å². The van der Waals surface area contributed by atoms with Crippen molar-refractivity contribution >= 4 is 29.3 Å². The van der Waals surface area contributed by atoms with E-state index in [2.05, 4.69) is 5.32 Å². The van der Waals surface area contributed by atoms with Crippen molar-refractivity contribution in [2.24, 2.45) is 0 Å². The van der Waals surface area contributed by atoms with Gasteiger partial charge >= 0.3 is 0 Å². The van der Waals surface area contributed by atoms with E-state index >= 15 is 0 Å². The van der Waals surface area contributed by atoms with Crippen molar-refractivity contribution in [3.63, 3.8) is 0 Å². The maximum atomic E-state index is 11.9. The average Bonchev–Trinajstić information content (AvgIpc) is 2.42. The van der Waals surface area contributed by atoms with Gasteiger partial charge in [-0.05, 0) is 24.3 Å². The summed E-state index contributed by atoms with van der Waals surface area (Å²) in [4.78, 5) is 15.0. The molecule has 0 atom stereocenters. The lowest BCUT2D eigenvalue weighted by atomic mass is 10.3. The molecule has 1 heterocycles. The third-order valence-corrected chi connectivity index (χ3v) is 4.13. The molecule has 1 aliphatic rings. The van der Waals surface area contributed by atoms with Crippen molar-refractivity contribution < 1.29 is 4.79 Å². The Morgan fingerprint density at radius 1 is 1.28 bits per heavy atom. The van der Waals surface area contributed by atoms with Gasteiger partial charge < -0.3 is 10.2 Å². The highest BCUT2D eigenvalue weighted by molar-refractivity contribution is 7.99. The fourth-order valence-corrected chi connectivity index (χ4v) is 2.83. The first-order chi connectivity index (χ1) is 8.75. The lowest BCUT2D eigenvalue weighted by molar-refractivity contribution is -0.131. The van der Waals surface area contributed by atoms with Crippen LogP contribution in [0.25, 0.3) is 0 Å². The molecule has 0 radical (unpaired) electrons. The fraction of sp³-hybridized carbons (Fsp3) is 0.462. The molecule has 3 nitrogen and oxygen atoms in total. The van der Waals surface area contributed by atoms with Crippen LogP contribution < -0.4 is 5.32 Å². The minimum Gasteiger partial charge on any atom is -0.340 e. The van der Waals surface area contributed by atoms with Crippen LogP contribution in [0.3, 0.4) is 0 Å². The lowest BCUT2D eigenvalue weighted by Crippen LogP contribution is -2.46. The van der Waals surface area contributed by atoms with Crippen molar-refractivity contribution in [2.45, 2.75) is 11.3 Å². The Labute approximate surface area is 117 Å². The number of halogens is 1. The van der Waals surface area contributed by atoms with E-state index in [1.165, 1.54) is 0 Å². The number of benzene rings is 1. The zero-order valence-electron chi connectivity index (χ0n) is 10.2. The van der Waals surface area contributed by atoms with Crippen LogP contribution in [0.15, 0.2) is 29.2 Å². The number of amides is 1. The lowest BCUT2D eigenvalue weighted by Gasteiger charge is -2.27. The summed E-state index contributed by atoms with van der Waals surface area (Å²) in [6.07, 6.45) is 0.604. The van der Waals surface area contributed by atoms with E-state index in [-0.39, 0.29) is 5.91 Å². The number of carbonyl (C=O) groups excluding carboxylic acids is 1. The van der Waals surface area contributed by atoms with E-state index in [0.29, 0.717) is 6.42 Å². The van der Waals surface area contributed by atoms with Crippen molar-refractivity contribution in [1.82, 2.24) is 10.2 Å². The molecule has 0 unspecified atom stereocenters. The molecule has 18 heavy (non-hydrogen) atoms. The zero-order chi connectivity index (χ0) is 12.8. The summed E-state index contributed by atoms with van der Waals surface area (Å²) in [7, 11) is 0. The highest BCUT2D eigenvalue weighted by Gasteiger charge is 2.15. The van der Waals surface area contributed by atoms with Crippen LogP contribution in [0.4, 0.5) is 0 Å². The molecule has 0 bridgehead atoms. The number of piperazine rings is 1. The van der Waals surface area contributed by atoms with Gasteiger partial charge in [0.1, 0.15) is 0 Å². The highest BCUT2D eigenvalue weighted by Crippen LogP contribution is 2.21. The molecule has 1 aliphatic heterocycles. The van der Waals surface area contributed by atoms with Crippen LogP contribution in [0, 0.1) is 0 Å². The smallest absolute Gasteiger partial charge is 0.223 e. The largest absolute Gasteiger partial charge is 0.340 e. The third-order valence-electron chi connectivity index (χ3n) is 2.87. The minimum absolute atomic E-state index is 0.262. The van der Waals surface area contributed by atoms with Gasteiger partial charge in [-0.25, -0.2) is 0 Å². The number of nitrogens with one attached hydrogen (secondary N) is 1. The maximum Gasteiger partial charge on any atom is 0.223 e. The molecule has 0 spiro atoms. The molecule has 1 aromatic rings. The fourth-order valence-electron chi connectivity index (χ4n) is 1.86. The highest BCUT2D eigenvalue weighted by atomic mass is 35.5. The number of rotatable bonds is 4. The van der Waals surface area contributed by atoms with Crippen molar-refractivity contribution in [3.05, 3.63) is 29.3 Å². The Balaban J connectivity index is 1.71. The van der Waals surface area contributed by atoms with Gasteiger partial charge in [-0.2, -0.15) is 0 Å². The number of hydrogen-bond donors (Lipinski definition) is 1. The SMILES string of the molecule is O=C(CCSc1ccc(Cl)cc1)N1CCNCC1. The molecule has 1 N–H and O–H groups in total. The van der Waals surface area contributed by atoms with Gasteiger partial charge in [-0.15, -0.1) is 11.8 Å². The molecule has 0 aromatic heterocycles. The Kier molecular flexibility index (Phi) is 5.35. The Bertz CT molecular complexity index is 390. The van der Waals surface area contributed by atoms with E-state index in [1.807, 2.05) is 29.2 Å². The molecule has 0 saturated carbocycles. The summed E-state index contributed by atoms with van der Waals surface area (Å²) in [6, 6.07) is 7.73. The Hall–Kier alpha value is -0.710.